The molecule has 1 aliphatic heterocycles. The van der Waals surface area contributed by atoms with E-state index < -0.39 is 0 Å². The van der Waals surface area contributed by atoms with Gasteiger partial charge < -0.3 is 15.7 Å². The van der Waals surface area contributed by atoms with Crippen LogP contribution in [0.1, 0.15) is 12.8 Å². The third-order valence-corrected chi connectivity index (χ3v) is 1.74. The molecule has 1 rings (SSSR count). The van der Waals surface area contributed by atoms with Crippen LogP contribution in [0.25, 0.3) is 0 Å². The second kappa shape index (κ2) is 4.66. The highest BCUT2D eigenvalue weighted by Gasteiger charge is 2.04. The van der Waals surface area contributed by atoms with Crippen molar-refractivity contribution >= 4 is 0 Å². The molecular formula is C7H16N2O. The summed E-state index contributed by atoms with van der Waals surface area (Å²) in [5, 5.41) is 15.7. The van der Waals surface area contributed by atoms with Crippen molar-refractivity contribution in [2.24, 2.45) is 0 Å². The van der Waals surface area contributed by atoms with Crippen LogP contribution in [0, 0.1) is 0 Å². The Balaban J connectivity index is 2.15. The average molecular weight is 144 g/mol. The fraction of sp³-hybridized carbons (Fsp3) is 1.00. The van der Waals surface area contributed by atoms with Gasteiger partial charge in [-0.25, -0.2) is 0 Å². The molecule has 1 fully saturated rings. The maximum Gasteiger partial charge on any atom is 0.0676 e. The van der Waals surface area contributed by atoms with Crippen molar-refractivity contribution in [3.63, 3.8) is 0 Å². The molecule has 0 saturated carbocycles. The molecule has 60 valence electrons. The molecule has 0 bridgehead atoms. The van der Waals surface area contributed by atoms with Gasteiger partial charge in [0.2, 0.25) is 0 Å². The summed E-state index contributed by atoms with van der Waals surface area (Å²) in [6.07, 6.45) is 1.87. The van der Waals surface area contributed by atoms with E-state index in [0.29, 0.717) is 0 Å². The van der Waals surface area contributed by atoms with Gasteiger partial charge >= 0.3 is 0 Å². The van der Waals surface area contributed by atoms with E-state index in [2.05, 4.69) is 10.6 Å². The number of rotatable bonds is 0. The Kier molecular flexibility index (Phi) is 3.72. The van der Waals surface area contributed by atoms with E-state index in [9.17, 15) is 5.11 Å². The third kappa shape index (κ3) is 3.15. The highest BCUT2D eigenvalue weighted by Crippen LogP contribution is 1.90. The van der Waals surface area contributed by atoms with Gasteiger partial charge in [0.05, 0.1) is 6.10 Å². The van der Waals surface area contributed by atoms with Gasteiger partial charge in [-0.3, -0.25) is 0 Å². The standard InChI is InChI=1S/C7H16N2O/c10-7-2-5-8-3-1-4-9-6-7/h7-10H,1-6H2. The van der Waals surface area contributed by atoms with Crippen LogP contribution >= 0.6 is 0 Å². The summed E-state index contributed by atoms with van der Waals surface area (Å²) in [5.41, 5.74) is 0. The number of nitrogens with one attached hydrogen (secondary N) is 2. The van der Waals surface area contributed by atoms with Crippen molar-refractivity contribution in [3.8, 4) is 0 Å². The van der Waals surface area contributed by atoms with Crippen LogP contribution in [0.2, 0.25) is 0 Å². The second-order valence-electron chi connectivity index (χ2n) is 2.75. The Morgan fingerprint density at radius 3 is 2.80 bits per heavy atom. The number of aliphatic hydroxyl groups is 1. The molecule has 1 saturated heterocycles. The first kappa shape index (κ1) is 7.98. The summed E-state index contributed by atoms with van der Waals surface area (Å²) in [5.74, 6) is 0. The first-order chi connectivity index (χ1) is 4.89. The summed E-state index contributed by atoms with van der Waals surface area (Å²) < 4.78 is 0. The summed E-state index contributed by atoms with van der Waals surface area (Å²) in [4.78, 5) is 0. The normalized spacial score (nSPS) is 30.3. The summed E-state index contributed by atoms with van der Waals surface area (Å²) in [6, 6.07) is 0. The Morgan fingerprint density at radius 1 is 1.10 bits per heavy atom. The fourth-order valence-corrected chi connectivity index (χ4v) is 1.10. The van der Waals surface area contributed by atoms with E-state index in [1.54, 1.807) is 0 Å². The van der Waals surface area contributed by atoms with Crippen LogP contribution in [0.3, 0.4) is 0 Å². The minimum Gasteiger partial charge on any atom is -0.392 e. The van der Waals surface area contributed by atoms with Gasteiger partial charge in [-0.1, -0.05) is 0 Å². The zero-order valence-corrected chi connectivity index (χ0v) is 6.27. The Morgan fingerprint density at radius 2 is 1.90 bits per heavy atom. The molecule has 1 atom stereocenters. The maximum absolute atomic E-state index is 9.24. The highest BCUT2D eigenvalue weighted by molar-refractivity contribution is 4.64. The number of aliphatic hydroxyl groups excluding tert-OH is 1. The molecular weight excluding hydrogens is 128 g/mol. The third-order valence-electron chi connectivity index (χ3n) is 1.74. The fourth-order valence-electron chi connectivity index (χ4n) is 1.10. The lowest BCUT2D eigenvalue weighted by atomic mass is 10.2. The van der Waals surface area contributed by atoms with Crippen LogP contribution < -0.4 is 10.6 Å². The molecule has 1 unspecified atom stereocenters. The van der Waals surface area contributed by atoms with Gasteiger partial charge in [0.25, 0.3) is 0 Å². The quantitative estimate of drug-likeness (QED) is 0.422. The molecule has 3 N–H and O–H groups in total. The van der Waals surface area contributed by atoms with Gasteiger partial charge in [-0.15, -0.1) is 0 Å². The molecule has 10 heavy (non-hydrogen) atoms. The molecule has 1 aliphatic rings. The first-order valence-electron chi connectivity index (χ1n) is 3.99. The predicted octanol–water partition coefficient (Wildman–Crippen LogP) is -0.680. The largest absolute Gasteiger partial charge is 0.392 e. The minimum absolute atomic E-state index is 0.161. The molecule has 0 aromatic rings. The lowest BCUT2D eigenvalue weighted by molar-refractivity contribution is 0.164. The molecule has 0 aromatic carbocycles. The van der Waals surface area contributed by atoms with Crippen molar-refractivity contribution < 1.29 is 5.11 Å². The average Bonchev–Trinajstić information content (AvgIpc) is 2.02. The van der Waals surface area contributed by atoms with Gasteiger partial charge in [-0.2, -0.15) is 0 Å². The van der Waals surface area contributed by atoms with E-state index in [1.165, 1.54) is 0 Å². The van der Waals surface area contributed by atoms with E-state index in [4.69, 9.17) is 0 Å². The molecule has 0 aromatic heterocycles. The summed E-state index contributed by atoms with van der Waals surface area (Å²) >= 11 is 0. The maximum atomic E-state index is 9.24. The molecule has 3 heteroatoms. The Bertz CT molecular complexity index is 77.7. The van der Waals surface area contributed by atoms with Crippen molar-refractivity contribution in [1.82, 2.24) is 10.6 Å². The van der Waals surface area contributed by atoms with E-state index >= 15 is 0 Å². The zero-order valence-electron chi connectivity index (χ0n) is 6.27. The Hall–Kier alpha value is -0.120. The van der Waals surface area contributed by atoms with Crippen molar-refractivity contribution in [3.05, 3.63) is 0 Å². The summed E-state index contributed by atoms with van der Waals surface area (Å²) in [6.45, 7) is 3.79. The zero-order chi connectivity index (χ0) is 7.23. The highest BCUT2D eigenvalue weighted by atomic mass is 16.3. The van der Waals surface area contributed by atoms with Gasteiger partial charge in [0.15, 0.2) is 0 Å². The van der Waals surface area contributed by atoms with E-state index in [1.807, 2.05) is 0 Å². The molecule has 0 aliphatic carbocycles. The molecule has 0 amide bonds. The lowest BCUT2D eigenvalue weighted by Gasteiger charge is -2.07. The second-order valence-corrected chi connectivity index (χ2v) is 2.75. The minimum atomic E-state index is -0.161. The van der Waals surface area contributed by atoms with Crippen LogP contribution in [-0.2, 0) is 0 Å². The SMILES string of the molecule is OC1CCNCCCNC1. The van der Waals surface area contributed by atoms with Gasteiger partial charge in [-0.05, 0) is 32.5 Å². The molecule has 0 spiro atoms. The number of β-amino-alcohol motifs (C(OH)–C–C–N with tert-alkyl or cyclic N) is 1. The smallest absolute Gasteiger partial charge is 0.0676 e. The Labute approximate surface area is 61.8 Å². The van der Waals surface area contributed by atoms with Crippen LogP contribution in [0.5, 0.6) is 0 Å². The van der Waals surface area contributed by atoms with E-state index in [-0.39, 0.29) is 6.10 Å². The van der Waals surface area contributed by atoms with Crippen LogP contribution in [-0.4, -0.2) is 37.4 Å². The first-order valence-corrected chi connectivity index (χ1v) is 3.99. The molecule has 1 heterocycles. The molecule has 0 radical (unpaired) electrons. The molecule has 3 nitrogen and oxygen atoms in total. The number of hydrogen-bond acceptors (Lipinski definition) is 3. The number of hydrogen-bond donors (Lipinski definition) is 3. The predicted molar refractivity (Wildman–Crippen MR) is 41.0 cm³/mol. The monoisotopic (exact) mass is 144 g/mol. The van der Waals surface area contributed by atoms with Crippen LogP contribution in [0.15, 0.2) is 0 Å². The van der Waals surface area contributed by atoms with Crippen molar-refractivity contribution in [1.29, 1.82) is 0 Å². The van der Waals surface area contributed by atoms with Crippen LogP contribution in [0.4, 0.5) is 0 Å². The summed E-state index contributed by atoms with van der Waals surface area (Å²) in [7, 11) is 0. The van der Waals surface area contributed by atoms with Gasteiger partial charge in [0, 0.05) is 6.54 Å². The van der Waals surface area contributed by atoms with Gasteiger partial charge in [0.1, 0.15) is 0 Å². The van der Waals surface area contributed by atoms with E-state index in [0.717, 1.165) is 39.0 Å². The topological polar surface area (TPSA) is 44.3 Å². The lowest BCUT2D eigenvalue weighted by Crippen LogP contribution is -2.27. The van der Waals surface area contributed by atoms with Crippen molar-refractivity contribution in [2.45, 2.75) is 18.9 Å². The van der Waals surface area contributed by atoms with Crippen molar-refractivity contribution in [2.75, 3.05) is 26.2 Å².